The maximum absolute atomic E-state index is 11.7. The van der Waals surface area contributed by atoms with Gasteiger partial charge in [-0.3, -0.25) is 0 Å². The molecule has 0 bridgehead atoms. The summed E-state index contributed by atoms with van der Waals surface area (Å²) in [5, 5.41) is 3.42. The lowest BCUT2D eigenvalue weighted by Gasteiger charge is -2.12. The molecule has 110 valence electrons. The first-order valence-electron chi connectivity index (χ1n) is 7.31. The Morgan fingerprint density at radius 1 is 1.00 bits per heavy atom. The minimum Gasteiger partial charge on any atom is -0.314 e. The molecular weight excluding hydrogens is 246 g/mol. The smallest absolute Gasteiger partial charge is 0.150 e. The fourth-order valence-corrected chi connectivity index (χ4v) is 3.46. The number of hydrogen-bond acceptors (Lipinski definition) is 3. The van der Waals surface area contributed by atoms with E-state index in [1.54, 1.807) is 0 Å². The molecule has 0 amide bonds. The minimum atomic E-state index is -2.81. The van der Waals surface area contributed by atoms with E-state index in [2.05, 4.69) is 33.0 Å². The molecular formula is C14H31NO2S. The third kappa shape index (κ3) is 11.0. The van der Waals surface area contributed by atoms with Gasteiger partial charge in [0.2, 0.25) is 0 Å². The third-order valence-corrected chi connectivity index (χ3v) is 4.86. The second-order valence-electron chi connectivity index (χ2n) is 5.69. The number of rotatable bonds is 11. The summed E-state index contributed by atoms with van der Waals surface area (Å²) in [7, 11) is -2.81. The lowest BCUT2D eigenvalue weighted by atomic mass is 10.1. The van der Waals surface area contributed by atoms with Gasteiger partial charge in [-0.15, -0.1) is 0 Å². The molecule has 0 rings (SSSR count). The Labute approximate surface area is 114 Å². The van der Waals surface area contributed by atoms with Crippen LogP contribution >= 0.6 is 0 Å². The molecule has 0 fully saturated rings. The lowest BCUT2D eigenvalue weighted by molar-refractivity contribution is 0.493. The van der Waals surface area contributed by atoms with Crippen LogP contribution in [0, 0.1) is 5.92 Å². The Bertz CT molecular complexity index is 286. The Balaban J connectivity index is 3.64. The van der Waals surface area contributed by atoms with E-state index in [1.807, 2.05) is 0 Å². The average Bonchev–Trinajstić information content (AvgIpc) is 2.30. The van der Waals surface area contributed by atoms with E-state index in [1.165, 1.54) is 0 Å². The van der Waals surface area contributed by atoms with E-state index in [4.69, 9.17) is 0 Å². The quantitative estimate of drug-likeness (QED) is 0.591. The van der Waals surface area contributed by atoms with Gasteiger partial charge >= 0.3 is 0 Å². The topological polar surface area (TPSA) is 46.2 Å². The van der Waals surface area contributed by atoms with E-state index in [0.717, 1.165) is 38.6 Å². The van der Waals surface area contributed by atoms with Crippen LogP contribution in [0.4, 0.5) is 0 Å². The zero-order chi connectivity index (χ0) is 14.0. The van der Waals surface area contributed by atoms with Gasteiger partial charge in [0, 0.05) is 6.04 Å². The molecule has 0 aromatic rings. The van der Waals surface area contributed by atoms with Gasteiger partial charge in [0.15, 0.2) is 0 Å². The highest BCUT2D eigenvalue weighted by molar-refractivity contribution is 7.91. The van der Waals surface area contributed by atoms with Gasteiger partial charge < -0.3 is 5.32 Å². The predicted molar refractivity (Wildman–Crippen MR) is 79.7 cm³/mol. The standard InChI is InChI=1S/C14H31NO2S/c1-5-10-15-14(4)8-6-7-11-18(16,17)12-9-13(2)3/h13-15H,5-12H2,1-4H3. The fraction of sp³-hybridized carbons (Fsp3) is 1.00. The van der Waals surface area contributed by atoms with Gasteiger partial charge in [-0.05, 0) is 45.1 Å². The Morgan fingerprint density at radius 3 is 2.22 bits per heavy atom. The van der Waals surface area contributed by atoms with E-state index in [-0.39, 0.29) is 0 Å². The second-order valence-corrected chi connectivity index (χ2v) is 7.99. The average molecular weight is 277 g/mol. The van der Waals surface area contributed by atoms with Crippen molar-refractivity contribution in [3.8, 4) is 0 Å². The molecule has 3 nitrogen and oxygen atoms in total. The molecule has 18 heavy (non-hydrogen) atoms. The summed E-state index contributed by atoms with van der Waals surface area (Å²) in [6.07, 6.45) is 4.81. The highest BCUT2D eigenvalue weighted by Gasteiger charge is 2.11. The summed E-state index contributed by atoms with van der Waals surface area (Å²) in [6, 6.07) is 0.503. The summed E-state index contributed by atoms with van der Waals surface area (Å²) in [5.74, 6) is 1.19. The van der Waals surface area contributed by atoms with Gasteiger partial charge in [0.05, 0.1) is 11.5 Å². The normalized spacial score (nSPS) is 14.1. The van der Waals surface area contributed by atoms with Gasteiger partial charge in [-0.1, -0.05) is 27.2 Å². The summed E-state index contributed by atoms with van der Waals surface area (Å²) < 4.78 is 23.5. The molecule has 0 saturated carbocycles. The first-order valence-corrected chi connectivity index (χ1v) is 9.13. The molecule has 1 atom stereocenters. The minimum absolute atomic E-state index is 0.355. The summed E-state index contributed by atoms with van der Waals surface area (Å²) in [6.45, 7) is 9.50. The van der Waals surface area contributed by atoms with Crippen LogP contribution in [-0.2, 0) is 9.84 Å². The number of sulfone groups is 1. The maximum atomic E-state index is 11.7. The highest BCUT2D eigenvalue weighted by atomic mass is 32.2. The van der Waals surface area contributed by atoms with Crippen molar-refractivity contribution in [2.75, 3.05) is 18.1 Å². The predicted octanol–water partition coefficient (Wildman–Crippen LogP) is 3.01. The molecule has 0 aliphatic rings. The molecule has 1 unspecified atom stereocenters. The molecule has 0 saturated heterocycles. The van der Waals surface area contributed by atoms with Crippen molar-refractivity contribution in [1.29, 1.82) is 0 Å². The summed E-state index contributed by atoms with van der Waals surface area (Å²) in [5.41, 5.74) is 0. The van der Waals surface area contributed by atoms with Crippen molar-refractivity contribution in [3.05, 3.63) is 0 Å². The van der Waals surface area contributed by atoms with Crippen LogP contribution in [0.15, 0.2) is 0 Å². The zero-order valence-electron chi connectivity index (χ0n) is 12.5. The van der Waals surface area contributed by atoms with E-state index in [9.17, 15) is 8.42 Å². The zero-order valence-corrected chi connectivity index (χ0v) is 13.4. The van der Waals surface area contributed by atoms with Crippen LogP contribution < -0.4 is 5.32 Å². The molecule has 4 heteroatoms. The van der Waals surface area contributed by atoms with Crippen molar-refractivity contribution < 1.29 is 8.42 Å². The van der Waals surface area contributed by atoms with Crippen molar-refractivity contribution in [2.45, 2.75) is 65.8 Å². The van der Waals surface area contributed by atoms with E-state index in [0.29, 0.717) is 23.5 Å². The molecule has 1 N–H and O–H groups in total. The molecule has 0 aliphatic heterocycles. The van der Waals surface area contributed by atoms with Crippen LogP contribution in [0.3, 0.4) is 0 Å². The number of hydrogen-bond donors (Lipinski definition) is 1. The van der Waals surface area contributed by atoms with Gasteiger partial charge in [0.1, 0.15) is 9.84 Å². The van der Waals surface area contributed by atoms with Crippen molar-refractivity contribution in [1.82, 2.24) is 5.32 Å². The van der Waals surface area contributed by atoms with Crippen LogP contribution in [0.25, 0.3) is 0 Å². The Hall–Kier alpha value is -0.0900. The van der Waals surface area contributed by atoms with Crippen LogP contribution in [0.2, 0.25) is 0 Å². The highest BCUT2D eigenvalue weighted by Crippen LogP contribution is 2.07. The second kappa shape index (κ2) is 9.79. The van der Waals surface area contributed by atoms with Gasteiger partial charge in [-0.2, -0.15) is 0 Å². The van der Waals surface area contributed by atoms with Crippen LogP contribution in [-0.4, -0.2) is 32.5 Å². The summed E-state index contributed by atoms with van der Waals surface area (Å²) in [4.78, 5) is 0. The number of unbranched alkanes of at least 4 members (excludes halogenated alkanes) is 1. The molecule has 0 heterocycles. The molecule has 0 aromatic carbocycles. The number of nitrogens with one attached hydrogen (secondary N) is 1. The largest absolute Gasteiger partial charge is 0.314 e. The fourth-order valence-electron chi connectivity index (χ4n) is 1.78. The third-order valence-electron chi connectivity index (χ3n) is 3.09. The SMILES string of the molecule is CCCNC(C)CCCCS(=O)(=O)CCC(C)C. The van der Waals surface area contributed by atoms with Gasteiger partial charge in [-0.25, -0.2) is 8.42 Å². The molecule has 0 radical (unpaired) electrons. The molecule has 0 aromatic heterocycles. The summed E-state index contributed by atoms with van der Waals surface area (Å²) >= 11 is 0. The van der Waals surface area contributed by atoms with E-state index < -0.39 is 9.84 Å². The first-order chi connectivity index (χ1) is 8.37. The molecule has 0 aliphatic carbocycles. The monoisotopic (exact) mass is 277 g/mol. The van der Waals surface area contributed by atoms with Crippen LogP contribution in [0.5, 0.6) is 0 Å². The van der Waals surface area contributed by atoms with Crippen molar-refractivity contribution in [2.24, 2.45) is 5.92 Å². The van der Waals surface area contributed by atoms with Gasteiger partial charge in [0.25, 0.3) is 0 Å². The van der Waals surface area contributed by atoms with Crippen molar-refractivity contribution in [3.63, 3.8) is 0 Å². The van der Waals surface area contributed by atoms with Crippen molar-refractivity contribution >= 4 is 9.84 Å². The Kier molecular flexibility index (Phi) is 9.74. The molecule has 0 spiro atoms. The van der Waals surface area contributed by atoms with Crippen LogP contribution in [0.1, 0.15) is 59.8 Å². The maximum Gasteiger partial charge on any atom is 0.150 e. The Morgan fingerprint density at radius 2 is 1.67 bits per heavy atom. The first kappa shape index (κ1) is 17.9. The van der Waals surface area contributed by atoms with E-state index >= 15 is 0 Å². The lowest BCUT2D eigenvalue weighted by Crippen LogP contribution is -2.26.